The van der Waals surface area contributed by atoms with E-state index in [4.69, 9.17) is 0 Å². The summed E-state index contributed by atoms with van der Waals surface area (Å²) in [6.07, 6.45) is 10.7. The summed E-state index contributed by atoms with van der Waals surface area (Å²) in [6, 6.07) is 0. The quantitative estimate of drug-likeness (QED) is 0.744. The molecule has 0 aromatic heterocycles. The van der Waals surface area contributed by atoms with E-state index in [9.17, 15) is 19.8 Å². The highest BCUT2D eigenvalue weighted by atomic mass is 16.3. The fourth-order valence-electron chi connectivity index (χ4n) is 6.66. The lowest BCUT2D eigenvalue weighted by molar-refractivity contribution is -0.155. The largest absolute Gasteiger partial charge is 0.388 e. The Labute approximate surface area is 155 Å². The van der Waals surface area contributed by atoms with Gasteiger partial charge in [-0.1, -0.05) is 31.1 Å². The number of aliphatic hydroxyl groups excluding tert-OH is 1. The summed E-state index contributed by atoms with van der Waals surface area (Å²) < 4.78 is 0. The number of allylic oxidation sites excluding steroid dienone is 4. The van der Waals surface area contributed by atoms with E-state index in [1.54, 1.807) is 0 Å². The van der Waals surface area contributed by atoms with Crippen molar-refractivity contribution in [1.82, 2.24) is 0 Å². The number of aliphatic hydroxyl groups is 2. The van der Waals surface area contributed by atoms with Crippen LogP contribution in [0.25, 0.3) is 0 Å². The highest BCUT2D eigenvalue weighted by Gasteiger charge is 2.63. The van der Waals surface area contributed by atoms with E-state index in [1.165, 1.54) is 11.1 Å². The zero-order valence-corrected chi connectivity index (χ0v) is 15.9. The van der Waals surface area contributed by atoms with Crippen LogP contribution in [-0.2, 0) is 9.59 Å². The van der Waals surface area contributed by atoms with Crippen LogP contribution in [0.2, 0.25) is 0 Å². The lowest BCUT2D eigenvalue weighted by atomic mass is 9.54. The molecule has 0 radical (unpaired) electrons. The number of carbonyl (C=O) groups excluding carboxylic acids is 2. The van der Waals surface area contributed by atoms with Crippen molar-refractivity contribution in [3.05, 3.63) is 23.3 Å². The maximum absolute atomic E-state index is 12.4. The Hall–Kier alpha value is -1.26. The van der Waals surface area contributed by atoms with Crippen LogP contribution >= 0.6 is 0 Å². The van der Waals surface area contributed by atoms with E-state index in [2.05, 4.69) is 13.0 Å². The molecule has 4 rings (SSSR count). The van der Waals surface area contributed by atoms with Crippen molar-refractivity contribution < 1.29 is 19.8 Å². The molecule has 0 heterocycles. The molecule has 0 aromatic rings. The number of hydrogen-bond acceptors (Lipinski definition) is 4. The third-order valence-electron chi connectivity index (χ3n) is 8.33. The molecule has 4 nitrogen and oxygen atoms in total. The minimum Gasteiger partial charge on any atom is -0.388 e. The van der Waals surface area contributed by atoms with Gasteiger partial charge < -0.3 is 10.2 Å². The molecule has 0 aromatic carbocycles. The summed E-state index contributed by atoms with van der Waals surface area (Å²) >= 11 is 0. The van der Waals surface area contributed by atoms with E-state index in [-0.39, 0.29) is 17.1 Å². The number of hydrogen-bond donors (Lipinski definition) is 2. The first-order valence-electron chi connectivity index (χ1n) is 10.1. The third-order valence-corrected chi connectivity index (χ3v) is 8.33. The molecule has 4 aliphatic carbocycles. The van der Waals surface area contributed by atoms with Gasteiger partial charge in [-0.3, -0.25) is 9.59 Å². The zero-order chi connectivity index (χ0) is 18.7. The summed E-state index contributed by atoms with van der Waals surface area (Å²) in [5, 5.41) is 20.6. The molecule has 0 aliphatic heterocycles. The second-order valence-corrected chi connectivity index (χ2v) is 9.33. The van der Waals surface area contributed by atoms with Gasteiger partial charge >= 0.3 is 0 Å². The highest BCUT2D eigenvalue weighted by molar-refractivity contribution is 5.92. The van der Waals surface area contributed by atoms with Crippen molar-refractivity contribution >= 4 is 11.6 Å². The minimum atomic E-state index is -1.41. The van der Waals surface area contributed by atoms with Gasteiger partial charge in [0.25, 0.3) is 0 Å². The standard InChI is InChI=1S/C22H30O4/c1-20-9-6-15(24)12-14(20)4-3-5-16-17(20)7-10-21(2)18(16)8-11-22(21,26)19(25)13-23/h7,12,16,18,23,26H,3-6,8-11,13H2,1-2H3/t16-,18-,20-,21-,22-/m0/s1. The number of fused-ring (bicyclic) bond motifs is 5. The molecular formula is C22H30O4. The van der Waals surface area contributed by atoms with Crippen LogP contribution in [0, 0.1) is 22.7 Å². The van der Waals surface area contributed by atoms with E-state index in [0.29, 0.717) is 25.2 Å². The fraction of sp³-hybridized carbons (Fsp3) is 0.727. The third kappa shape index (κ3) is 2.21. The molecule has 2 N–H and O–H groups in total. The van der Waals surface area contributed by atoms with E-state index in [1.807, 2.05) is 13.0 Å². The Balaban J connectivity index is 1.78. The van der Waals surface area contributed by atoms with Crippen LogP contribution in [-0.4, -0.2) is 34.0 Å². The van der Waals surface area contributed by atoms with Gasteiger partial charge in [0, 0.05) is 17.3 Å². The highest BCUT2D eigenvalue weighted by Crippen LogP contribution is 2.64. The number of carbonyl (C=O) groups is 2. The van der Waals surface area contributed by atoms with Gasteiger partial charge in [-0.05, 0) is 62.9 Å². The number of Topliss-reactive ketones (excluding diaryl/α,β-unsaturated/α-hetero) is 1. The fourth-order valence-corrected chi connectivity index (χ4v) is 6.66. The van der Waals surface area contributed by atoms with E-state index in [0.717, 1.165) is 32.1 Å². The molecule has 0 unspecified atom stereocenters. The summed E-state index contributed by atoms with van der Waals surface area (Å²) in [6.45, 7) is 3.74. The second-order valence-electron chi connectivity index (χ2n) is 9.33. The Kier molecular flexibility index (Phi) is 4.09. The maximum atomic E-state index is 12.4. The van der Waals surface area contributed by atoms with Crippen molar-refractivity contribution in [3.63, 3.8) is 0 Å². The Morgan fingerprint density at radius 2 is 2.00 bits per heavy atom. The van der Waals surface area contributed by atoms with Gasteiger partial charge in [-0.15, -0.1) is 0 Å². The van der Waals surface area contributed by atoms with Crippen molar-refractivity contribution in [3.8, 4) is 0 Å². The molecule has 0 bridgehead atoms. The first-order valence-corrected chi connectivity index (χ1v) is 10.1. The topological polar surface area (TPSA) is 74.6 Å². The summed E-state index contributed by atoms with van der Waals surface area (Å²) in [4.78, 5) is 24.4. The first kappa shape index (κ1) is 18.1. The number of ketones is 2. The van der Waals surface area contributed by atoms with Crippen molar-refractivity contribution in [2.45, 2.75) is 70.8 Å². The smallest absolute Gasteiger partial charge is 0.190 e. The van der Waals surface area contributed by atoms with Crippen LogP contribution in [0.15, 0.2) is 23.3 Å². The SMILES string of the molecule is C[C@]12CCC(=O)C=C1CCC[C@H]1C2=CC[C@@]2(C)[C@H]1CC[C@]2(O)C(=O)CO. The molecule has 4 heteroatoms. The minimum absolute atomic E-state index is 0.0436. The molecule has 0 amide bonds. The summed E-state index contributed by atoms with van der Waals surface area (Å²) in [5.41, 5.74) is 0.763. The van der Waals surface area contributed by atoms with Gasteiger partial charge in [0.1, 0.15) is 12.2 Å². The molecule has 26 heavy (non-hydrogen) atoms. The lowest BCUT2D eigenvalue weighted by Crippen LogP contribution is -2.54. The predicted molar refractivity (Wildman–Crippen MR) is 98.3 cm³/mol. The van der Waals surface area contributed by atoms with Crippen molar-refractivity contribution in [2.24, 2.45) is 22.7 Å². The molecular weight excluding hydrogens is 328 g/mol. The van der Waals surface area contributed by atoms with E-state index >= 15 is 0 Å². The average Bonchev–Trinajstić information content (AvgIpc) is 2.80. The van der Waals surface area contributed by atoms with Gasteiger partial charge in [0.2, 0.25) is 0 Å². The predicted octanol–water partition coefficient (Wildman–Crippen LogP) is 3.12. The maximum Gasteiger partial charge on any atom is 0.190 e. The van der Waals surface area contributed by atoms with Gasteiger partial charge in [0.05, 0.1) is 0 Å². The van der Waals surface area contributed by atoms with Crippen molar-refractivity contribution in [1.29, 1.82) is 0 Å². The van der Waals surface area contributed by atoms with E-state index < -0.39 is 23.4 Å². The molecule has 2 fully saturated rings. The molecule has 5 atom stereocenters. The summed E-state index contributed by atoms with van der Waals surface area (Å²) in [5.74, 6) is 0.444. The van der Waals surface area contributed by atoms with Crippen LogP contribution in [0.3, 0.4) is 0 Å². The first-order chi connectivity index (χ1) is 12.3. The Bertz CT molecular complexity index is 720. The van der Waals surface area contributed by atoms with Crippen LogP contribution in [0.5, 0.6) is 0 Å². The summed E-state index contributed by atoms with van der Waals surface area (Å²) in [7, 11) is 0. The lowest BCUT2D eigenvalue weighted by Gasteiger charge is -2.50. The average molecular weight is 358 g/mol. The Morgan fingerprint density at radius 1 is 1.23 bits per heavy atom. The molecule has 4 aliphatic rings. The molecule has 0 saturated heterocycles. The van der Waals surface area contributed by atoms with Crippen LogP contribution < -0.4 is 0 Å². The van der Waals surface area contributed by atoms with Gasteiger partial charge in [-0.2, -0.15) is 0 Å². The second kappa shape index (κ2) is 5.87. The monoisotopic (exact) mass is 358 g/mol. The van der Waals surface area contributed by atoms with Gasteiger partial charge in [0.15, 0.2) is 11.6 Å². The van der Waals surface area contributed by atoms with Crippen molar-refractivity contribution in [2.75, 3.05) is 6.61 Å². The molecule has 0 spiro atoms. The van der Waals surface area contributed by atoms with Gasteiger partial charge in [-0.25, -0.2) is 0 Å². The molecule has 142 valence electrons. The zero-order valence-electron chi connectivity index (χ0n) is 15.9. The van der Waals surface area contributed by atoms with Crippen LogP contribution in [0.1, 0.15) is 65.2 Å². The van der Waals surface area contributed by atoms with Crippen LogP contribution in [0.4, 0.5) is 0 Å². The Morgan fingerprint density at radius 3 is 2.73 bits per heavy atom. The molecule has 2 saturated carbocycles. The number of rotatable bonds is 2. The normalized spacial score (nSPS) is 45.0.